The van der Waals surface area contributed by atoms with Gasteiger partial charge in [-0.15, -0.1) is 0 Å². The second kappa shape index (κ2) is 6.38. The summed E-state index contributed by atoms with van der Waals surface area (Å²) in [6, 6.07) is 15.3. The van der Waals surface area contributed by atoms with Gasteiger partial charge in [-0.2, -0.15) is 0 Å². The average molecular weight is 320 g/mol. The summed E-state index contributed by atoms with van der Waals surface area (Å²) in [5.74, 6) is 0. The van der Waals surface area contributed by atoms with Crippen molar-refractivity contribution in [3.05, 3.63) is 64.1 Å². The van der Waals surface area contributed by atoms with Crippen LogP contribution in [0.1, 0.15) is 11.1 Å². The highest BCUT2D eigenvalue weighted by atomic mass is 79.9. The van der Waals surface area contributed by atoms with Crippen LogP contribution in [-0.4, -0.2) is 6.09 Å². The van der Waals surface area contributed by atoms with Crippen molar-refractivity contribution < 1.29 is 9.53 Å². The van der Waals surface area contributed by atoms with Gasteiger partial charge in [0.1, 0.15) is 6.61 Å². The van der Waals surface area contributed by atoms with Gasteiger partial charge in [0.2, 0.25) is 0 Å². The van der Waals surface area contributed by atoms with Gasteiger partial charge in [0.15, 0.2) is 0 Å². The standard InChI is InChI=1S/C15H14BrNO2/c1-11-7-8-14(13(16)9-11)17-15(18)19-10-12-5-3-2-4-6-12/h2-9H,10H2,1H3,(H,17,18). The topological polar surface area (TPSA) is 38.3 Å². The van der Waals surface area contributed by atoms with E-state index in [0.717, 1.165) is 15.6 Å². The fourth-order valence-electron chi connectivity index (χ4n) is 1.59. The van der Waals surface area contributed by atoms with Crippen LogP contribution in [0.4, 0.5) is 10.5 Å². The number of carbonyl (C=O) groups is 1. The van der Waals surface area contributed by atoms with E-state index in [0.29, 0.717) is 5.69 Å². The quantitative estimate of drug-likeness (QED) is 0.904. The molecule has 0 bridgehead atoms. The second-order valence-corrected chi connectivity index (χ2v) is 5.02. The summed E-state index contributed by atoms with van der Waals surface area (Å²) in [6.07, 6.45) is -0.464. The van der Waals surface area contributed by atoms with Crippen molar-refractivity contribution in [2.45, 2.75) is 13.5 Å². The monoisotopic (exact) mass is 319 g/mol. The predicted octanol–water partition coefficient (Wildman–Crippen LogP) is 4.51. The van der Waals surface area contributed by atoms with Crippen LogP contribution in [0.5, 0.6) is 0 Å². The Morgan fingerprint density at radius 1 is 1.21 bits per heavy atom. The molecule has 0 heterocycles. The van der Waals surface area contributed by atoms with Gasteiger partial charge in [0, 0.05) is 4.47 Å². The maximum atomic E-state index is 11.7. The third-order valence-corrected chi connectivity index (χ3v) is 3.23. The number of ether oxygens (including phenoxy) is 1. The SMILES string of the molecule is Cc1ccc(NC(=O)OCc2ccccc2)c(Br)c1. The van der Waals surface area contributed by atoms with Gasteiger partial charge in [-0.05, 0) is 46.1 Å². The average Bonchev–Trinajstić information content (AvgIpc) is 2.41. The van der Waals surface area contributed by atoms with Gasteiger partial charge in [0.25, 0.3) is 0 Å². The Hall–Kier alpha value is -1.81. The molecule has 1 N–H and O–H groups in total. The molecule has 2 aromatic rings. The van der Waals surface area contributed by atoms with Crippen molar-refractivity contribution >= 4 is 27.7 Å². The molecule has 0 fully saturated rings. The molecule has 98 valence electrons. The van der Waals surface area contributed by atoms with Crippen LogP contribution in [-0.2, 0) is 11.3 Å². The van der Waals surface area contributed by atoms with Gasteiger partial charge < -0.3 is 4.74 Å². The van der Waals surface area contributed by atoms with E-state index in [1.54, 1.807) is 0 Å². The number of aryl methyl sites for hydroxylation is 1. The summed E-state index contributed by atoms with van der Waals surface area (Å²) in [5.41, 5.74) is 2.78. The zero-order chi connectivity index (χ0) is 13.7. The Morgan fingerprint density at radius 2 is 1.95 bits per heavy atom. The van der Waals surface area contributed by atoms with Gasteiger partial charge in [-0.3, -0.25) is 5.32 Å². The Labute approximate surface area is 120 Å². The minimum absolute atomic E-state index is 0.260. The van der Waals surface area contributed by atoms with Crippen LogP contribution < -0.4 is 5.32 Å². The zero-order valence-electron chi connectivity index (χ0n) is 10.5. The summed E-state index contributed by atoms with van der Waals surface area (Å²) in [6.45, 7) is 2.25. The molecule has 0 spiro atoms. The van der Waals surface area contributed by atoms with E-state index >= 15 is 0 Å². The molecule has 0 unspecified atom stereocenters. The number of hydrogen-bond acceptors (Lipinski definition) is 2. The maximum absolute atomic E-state index is 11.7. The van der Waals surface area contributed by atoms with Crippen LogP contribution in [0.2, 0.25) is 0 Å². The minimum atomic E-state index is -0.464. The van der Waals surface area contributed by atoms with Crippen LogP contribution >= 0.6 is 15.9 Å². The predicted molar refractivity (Wildman–Crippen MR) is 79.1 cm³/mol. The van der Waals surface area contributed by atoms with Crippen molar-refractivity contribution in [1.82, 2.24) is 0 Å². The van der Waals surface area contributed by atoms with E-state index in [1.165, 1.54) is 0 Å². The molecular weight excluding hydrogens is 306 g/mol. The first-order valence-corrected chi connectivity index (χ1v) is 6.68. The summed E-state index contributed by atoms with van der Waals surface area (Å²) in [7, 11) is 0. The molecule has 4 heteroatoms. The van der Waals surface area contributed by atoms with E-state index in [1.807, 2.05) is 55.5 Å². The number of benzene rings is 2. The largest absolute Gasteiger partial charge is 0.444 e. The molecule has 2 aromatic carbocycles. The number of hydrogen-bond donors (Lipinski definition) is 1. The summed E-state index contributed by atoms with van der Waals surface area (Å²) >= 11 is 3.40. The number of halogens is 1. The third kappa shape index (κ3) is 4.10. The molecule has 0 radical (unpaired) electrons. The highest BCUT2D eigenvalue weighted by Crippen LogP contribution is 2.23. The third-order valence-electron chi connectivity index (χ3n) is 2.57. The van der Waals surface area contributed by atoms with Crippen molar-refractivity contribution in [3.63, 3.8) is 0 Å². The van der Waals surface area contributed by atoms with E-state index in [9.17, 15) is 4.79 Å². The van der Waals surface area contributed by atoms with Gasteiger partial charge in [-0.25, -0.2) is 4.79 Å². The number of carbonyl (C=O) groups excluding carboxylic acids is 1. The van der Waals surface area contributed by atoms with E-state index in [2.05, 4.69) is 21.2 Å². The van der Waals surface area contributed by atoms with Crippen molar-refractivity contribution in [1.29, 1.82) is 0 Å². The number of anilines is 1. The van der Waals surface area contributed by atoms with Crippen LogP contribution in [0, 0.1) is 6.92 Å². The lowest BCUT2D eigenvalue weighted by atomic mass is 10.2. The number of nitrogens with one attached hydrogen (secondary N) is 1. The van der Waals surface area contributed by atoms with Crippen LogP contribution in [0.25, 0.3) is 0 Å². The van der Waals surface area contributed by atoms with E-state index < -0.39 is 6.09 Å². The lowest BCUT2D eigenvalue weighted by Crippen LogP contribution is -2.13. The van der Waals surface area contributed by atoms with Gasteiger partial charge >= 0.3 is 6.09 Å². The highest BCUT2D eigenvalue weighted by molar-refractivity contribution is 9.10. The van der Waals surface area contributed by atoms with Crippen LogP contribution in [0.15, 0.2) is 53.0 Å². The van der Waals surface area contributed by atoms with E-state index in [-0.39, 0.29) is 6.61 Å². The lowest BCUT2D eigenvalue weighted by molar-refractivity contribution is 0.155. The normalized spacial score (nSPS) is 10.0. The molecule has 0 saturated carbocycles. The van der Waals surface area contributed by atoms with E-state index in [4.69, 9.17) is 4.74 Å². The molecule has 19 heavy (non-hydrogen) atoms. The first-order valence-electron chi connectivity index (χ1n) is 5.89. The molecule has 3 nitrogen and oxygen atoms in total. The maximum Gasteiger partial charge on any atom is 0.411 e. The lowest BCUT2D eigenvalue weighted by Gasteiger charge is -2.09. The number of amides is 1. The zero-order valence-corrected chi connectivity index (χ0v) is 12.1. The Kier molecular flexibility index (Phi) is 4.58. The second-order valence-electron chi connectivity index (χ2n) is 4.17. The highest BCUT2D eigenvalue weighted by Gasteiger charge is 2.06. The molecular formula is C15H14BrNO2. The molecule has 0 saturated heterocycles. The fourth-order valence-corrected chi connectivity index (χ4v) is 2.18. The summed E-state index contributed by atoms with van der Waals surface area (Å²) in [5, 5.41) is 2.70. The van der Waals surface area contributed by atoms with Gasteiger partial charge in [-0.1, -0.05) is 36.4 Å². The first kappa shape index (κ1) is 13.6. The minimum Gasteiger partial charge on any atom is -0.444 e. The van der Waals surface area contributed by atoms with Crippen molar-refractivity contribution in [2.75, 3.05) is 5.32 Å². The van der Waals surface area contributed by atoms with Gasteiger partial charge in [0.05, 0.1) is 5.69 Å². The molecule has 0 aromatic heterocycles. The Balaban J connectivity index is 1.91. The summed E-state index contributed by atoms with van der Waals surface area (Å²) in [4.78, 5) is 11.7. The smallest absolute Gasteiger partial charge is 0.411 e. The molecule has 0 aliphatic heterocycles. The van der Waals surface area contributed by atoms with Crippen molar-refractivity contribution in [2.24, 2.45) is 0 Å². The Morgan fingerprint density at radius 3 is 2.63 bits per heavy atom. The Bertz CT molecular complexity index is 570. The molecule has 1 amide bonds. The first-order chi connectivity index (χ1) is 9.15. The molecule has 0 aliphatic rings. The molecule has 0 atom stereocenters. The molecule has 0 aliphatic carbocycles. The van der Waals surface area contributed by atoms with Crippen molar-refractivity contribution in [3.8, 4) is 0 Å². The summed E-state index contributed by atoms with van der Waals surface area (Å²) < 4.78 is 5.98. The fraction of sp³-hybridized carbons (Fsp3) is 0.133. The molecule has 2 rings (SSSR count). The number of rotatable bonds is 3. The van der Waals surface area contributed by atoms with Crippen LogP contribution in [0.3, 0.4) is 0 Å².